The van der Waals surface area contributed by atoms with E-state index in [9.17, 15) is 0 Å². The maximum Gasteiger partial charge on any atom is 0.0688 e. The summed E-state index contributed by atoms with van der Waals surface area (Å²) < 4.78 is 0. The van der Waals surface area contributed by atoms with Crippen molar-refractivity contribution in [2.75, 3.05) is 5.88 Å². The molecule has 2 saturated carbocycles. The van der Waals surface area contributed by atoms with Crippen molar-refractivity contribution in [3.8, 4) is 0 Å². The van der Waals surface area contributed by atoms with Gasteiger partial charge >= 0.3 is 0 Å². The predicted molar refractivity (Wildman–Crippen MR) is 57.0 cm³/mol. The van der Waals surface area contributed by atoms with Crippen LogP contribution < -0.4 is 0 Å². The number of H-pyrrole nitrogens is 1. The van der Waals surface area contributed by atoms with E-state index in [1.807, 2.05) is 0 Å². The minimum atomic E-state index is 0.721. The van der Waals surface area contributed by atoms with Gasteiger partial charge in [-0.1, -0.05) is 0 Å². The average molecular weight is 211 g/mol. The zero-order valence-electron chi connectivity index (χ0n) is 8.22. The van der Waals surface area contributed by atoms with E-state index in [2.05, 4.69) is 10.2 Å². The SMILES string of the molecule is ClCCc1c(C2CC2)n[nH]c1C1CC1. The second kappa shape index (κ2) is 3.27. The molecule has 14 heavy (non-hydrogen) atoms. The molecule has 3 heteroatoms. The summed E-state index contributed by atoms with van der Waals surface area (Å²) in [5.41, 5.74) is 4.17. The number of aromatic nitrogens is 2. The summed E-state index contributed by atoms with van der Waals surface area (Å²) in [6, 6.07) is 0. The molecule has 1 aromatic rings. The van der Waals surface area contributed by atoms with Crippen LogP contribution in [0.2, 0.25) is 0 Å². The molecule has 2 aliphatic rings. The minimum Gasteiger partial charge on any atom is -0.282 e. The number of aromatic amines is 1. The summed E-state index contributed by atoms with van der Waals surface area (Å²) in [4.78, 5) is 0. The fraction of sp³-hybridized carbons (Fsp3) is 0.727. The Morgan fingerprint density at radius 2 is 1.93 bits per heavy atom. The zero-order valence-corrected chi connectivity index (χ0v) is 8.98. The maximum atomic E-state index is 5.85. The van der Waals surface area contributed by atoms with Crippen molar-refractivity contribution in [3.63, 3.8) is 0 Å². The minimum absolute atomic E-state index is 0.721. The van der Waals surface area contributed by atoms with Gasteiger partial charge in [0, 0.05) is 23.4 Å². The largest absolute Gasteiger partial charge is 0.282 e. The number of halogens is 1. The molecular formula is C11H15ClN2. The Morgan fingerprint density at radius 1 is 1.21 bits per heavy atom. The first-order valence-electron chi connectivity index (χ1n) is 5.53. The lowest BCUT2D eigenvalue weighted by atomic mass is 10.0. The van der Waals surface area contributed by atoms with Crippen LogP contribution in [-0.2, 0) is 6.42 Å². The lowest BCUT2D eigenvalue weighted by molar-refractivity contribution is 0.926. The first-order chi connectivity index (χ1) is 6.90. The van der Waals surface area contributed by atoms with Crippen molar-refractivity contribution in [1.29, 1.82) is 0 Å². The Labute approximate surface area is 89.0 Å². The van der Waals surface area contributed by atoms with Crippen molar-refractivity contribution in [2.24, 2.45) is 0 Å². The summed E-state index contributed by atoms with van der Waals surface area (Å²) in [5.74, 6) is 2.24. The molecule has 0 amide bonds. The third-order valence-electron chi connectivity index (χ3n) is 3.23. The second-order valence-corrected chi connectivity index (χ2v) is 4.87. The number of alkyl halides is 1. The monoisotopic (exact) mass is 210 g/mol. The molecule has 0 bridgehead atoms. The normalized spacial score (nSPS) is 21.5. The van der Waals surface area contributed by atoms with E-state index in [0.717, 1.165) is 24.1 Å². The molecule has 3 rings (SSSR count). The van der Waals surface area contributed by atoms with E-state index < -0.39 is 0 Å². The van der Waals surface area contributed by atoms with Crippen LogP contribution in [0.4, 0.5) is 0 Å². The maximum absolute atomic E-state index is 5.85. The molecule has 2 aliphatic carbocycles. The van der Waals surface area contributed by atoms with Crippen LogP contribution in [0.5, 0.6) is 0 Å². The Morgan fingerprint density at radius 3 is 2.50 bits per heavy atom. The highest BCUT2D eigenvalue weighted by Gasteiger charge is 2.34. The van der Waals surface area contributed by atoms with Crippen LogP contribution >= 0.6 is 11.6 Å². The van der Waals surface area contributed by atoms with E-state index in [-0.39, 0.29) is 0 Å². The van der Waals surface area contributed by atoms with Gasteiger partial charge in [0.1, 0.15) is 0 Å². The van der Waals surface area contributed by atoms with E-state index in [0.29, 0.717) is 0 Å². The van der Waals surface area contributed by atoms with Gasteiger partial charge in [0.2, 0.25) is 0 Å². The molecule has 1 N–H and O–H groups in total. The molecule has 0 spiro atoms. The molecule has 2 fully saturated rings. The molecule has 1 heterocycles. The van der Waals surface area contributed by atoms with Crippen LogP contribution in [-0.4, -0.2) is 16.1 Å². The van der Waals surface area contributed by atoms with E-state index in [1.165, 1.54) is 42.6 Å². The molecule has 76 valence electrons. The summed E-state index contributed by atoms with van der Waals surface area (Å²) >= 11 is 5.85. The first-order valence-corrected chi connectivity index (χ1v) is 6.06. The van der Waals surface area contributed by atoms with Gasteiger partial charge in [-0.25, -0.2) is 0 Å². The van der Waals surface area contributed by atoms with Crippen LogP contribution in [0.3, 0.4) is 0 Å². The topological polar surface area (TPSA) is 28.7 Å². The highest BCUT2D eigenvalue weighted by atomic mass is 35.5. The Hall–Kier alpha value is -0.500. The third kappa shape index (κ3) is 1.46. The molecular weight excluding hydrogens is 196 g/mol. The highest BCUT2D eigenvalue weighted by Crippen LogP contribution is 2.46. The Kier molecular flexibility index (Phi) is 2.05. The molecule has 0 atom stereocenters. The number of nitrogens with one attached hydrogen (secondary N) is 1. The van der Waals surface area contributed by atoms with Gasteiger partial charge in [0.05, 0.1) is 5.69 Å². The van der Waals surface area contributed by atoms with Crippen LogP contribution in [0.25, 0.3) is 0 Å². The van der Waals surface area contributed by atoms with Gasteiger partial charge in [0.25, 0.3) is 0 Å². The molecule has 1 aromatic heterocycles. The molecule has 0 aromatic carbocycles. The molecule has 0 radical (unpaired) electrons. The van der Waals surface area contributed by atoms with Gasteiger partial charge in [-0.05, 0) is 37.7 Å². The average Bonchev–Trinajstić information content (AvgIpc) is 3.08. The van der Waals surface area contributed by atoms with Gasteiger partial charge in [-0.2, -0.15) is 5.10 Å². The quantitative estimate of drug-likeness (QED) is 0.761. The van der Waals surface area contributed by atoms with Crippen molar-refractivity contribution in [1.82, 2.24) is 10.2 Å². The van der Waals surface area contributed by atoms with Crippen molar-refractivity contribution < 1.29 is 0 Å². The number of hydrogen-bond acceptors (Lipinski definition) is 1. The zero-order chi connectivity index (χ0) is 9.54. The summed E-state index contributed by atoms with van der Waals surface area (Å²) in [6.07, 6.45) is 6.31. The Bertz CT molecular complexity index is 308. The molecule has 2 nitrogen and oxygen atoms in total. The lowest BCUT2D eigenvalue weighted by Crippen LogP contribution is -1.94. The second-order valence-electron chi connectivity index (χ2n) is 4.49. The highest BCUT2D eigenvalue weighted by molar-refractivity contribution is 6.18. The third-order valence-corrected chi connectivity index (χ3v) is 3.41. The fourth-order valence-electron chi connectivity index (χ4n) is 2.15. The fourth-order valence-corrected chi connectivity index (χ4v) is 2.34. The van der Waals surface area contributed by atoms with Crippen LogP contribution in [0, 0.1) is 0 Å². The summed E-state index contributed by atoms with van der Waals surface area (Å²) in [7, 11) is 0. The summed E-state index contributed by atoms with van der Waals surface area (Å²) in [5, 5.41) is 7.71. The smallest absolute Gasteiger partial charge is 0.0688 e. The van der Waals surface area contributed by atoms with E-state index in [4.69, 9.17) is 11.6 Å². The molecule has 0 saturated heterocycles. The van der Waals surface area contributed by atoms with Gasteiger partial charge < -0.3 is 0 Å². The van der Waals surface area contributed by atoms with Crippen molar-refractivity contribution in [3.05, 3.63) is 17.0 Å². The molecule has 0 aliphatic heterocycles. The standard InChI is InChI=1S/C11H15ClN2/c12-6-5-9-10(7-1-2-7)13-14-11(9)8-3-4-8/h7-8H,1-6H2,(H,13,14). The van der Waals surface area contributed by atoms with Crippen molar-refractivity contribution in [2.45, 2.75) is 43.9 Å². The molecule has 0 unspecified atom stereocenters. The predicted octanol–water partition coefficient (Wildman–Crippen LogP) is 2.95. The first kappa shape index (κ1) is 8.78. The lowest BCUT2D eigenvalue weighted by Gasteiger charge is -2.01. The Balaban J connectivity index is 1.93. The van der Waals surface area contributed by atoms with E-state index >= 15 is 0 Å². The van der Waals surface area contributed by atoms with Gasteiger partial charge in [-0.3, -0.25) is 5.10 Å². The van der Waals surface area contributed by atoms with Crippen LogP contribution in [0.1, 0.15) is 54.5 Å². The van der Waals surface area contributed by atoms with E-state index in [1.54, 1.807) is 0 Å². The van der Waals surface area contributed by atoms with Crippen molar-refractivity contribution >= 4 is 11.6 Å². The van der Waals surface area contributed by atoms with Crippen LogP contribution in [0.15, 0.2) is 0 Å². The number of rotatable bonds is 4. The number of hydrogen-bond donors (Lipinski definition) is 1. The van der Waals surface area contributed by atoms with Gasteiger partial charge in [-0.15, -0.1) is 11.6 Å². The number of nitrogens with zero attached hydrogens (tertiary/aromatic N) is 1. The summed E-state index contributed by atoms with van der Waals surface area (Å²) in [6.45, 7) is 0. The van der Waals surface area contributed by atoms with Gasteiger partial charge in [0.15, 0.2) is 0 Å².